The third-order valence-corrected chi connectivity index (χ3v) is 11.6. The van der Waals surface area contributed by atoms with Crippen LogP contribution in [0.3, 0.4) is 0 Å². The van der Waals surface area contributed by atoms with E-state index < -0.39 is 0 Å². The second-order valence-electron chi connectivity index (χ2n) is 15.6. The lowest BCUT2D eigenvalue weighted by molar-refractivity contribution is 0.306. The zero-order valence-electron chi connectivity index (χ0n) is 33.7. The third kappa shape index (κ3) is 17.7. The van der Waals surface area contributed by atoms with Crippen LogP contribution in [0.25, 0.3) is 21.5 Å². The van der Waals surface area contributed by atoms with Gasteiger partial charge in [0.1, 0.15) is 11.5 Å². The highest BCUT2D eigenvalue weighted by Gasteiger charge is 2.20. The molecule has 0 atom stereocenters. The fourth-order valence-electron chi connectivity index (χ4n) is 7.75. The topological polar surface area (TPSA) is 18.5 Å². The highest BCUT2D eigenvalue weighted by molar-refractivity contribution is 6.40. The monoisotopic (exact) mass is 755 g/mol. The summed E-state index contributed by atoms with van der Waals surface area (Å²) >= 11 is 13.8. The molecule has 0 radical (unpaired) electrons. The summed E-state index contributed by atoms with van der Waals surface area (Å²) in [6.45, 7) is 5.95. The zero-order valence-corrected chi connectivity index (χ0v) is 35.2. The molecular formula is C48H76Cl2O2. The molecule has 3 aromatic carbocycles. The predicted molar refractivity (Wildman–Crippen MR) is 232 cm³/mol. The molecule has 0 unspecified atom stereocenters. The fraction of sp³-hybridized carbons (Fsp3) is 0.708. The highest BCUT2D eigenvalue weighted by atomic mass is 35.5. The Morgan fingerprint density at radius 3 is 0.865 bits per heavy atom. The molecule has 0 N–H and O–H groups in total. The number of rotatable bonds is 34. The molecule has 52 heavy (non-hydrogen) atoms. The van der Waals surface area contributed by atoms with Gasteiger partial charge in [-0.05, 0) is 25.0 Å². The highest BCUT2D eigenvalue weighted by Crippen LogP contribution is 2.47. The Labute approximate surface area is 330 Å². The van der Waals surface area contributed by atoms with E-state index >= 15 is 0 Å². The molecule has 0 aromatic heterocycles. The number of ether oxygens (including phenoxy) is 2. The van der Waals surface area contributed by atoms with E-state index in [-0.39, 0.29) is 0 Å². The summed E-state index contributed by atoms with van der Waals surface area (Å²) in [5.74, 6) is 1.67. The zero-order chi connectivity index (χ0) is 36.9. The van der Waals surface area contributed by atoms with Crippen molar-refractivity contribution in [2.75, 3.05) is 13.2 Å². The second-order valence-corrected chi connectivity index (χ2v) is 16.4. The molecule has 0 amide bonds. The van der Waals surface area contributed by atoms with Crippen LogP contribution < -0.4 is 9.47 Å². The Bertz CT molecular complexity index is 1220. The first-order chi connectivity index (χ1) is 25.7. The Hall–Kier alpha value is -1.64. The van der Waals surface area contributed by atoms with E-state index in [1.807, 2.05) is 24.3 Å². The van der Waals surface area contributed by atoms with Crippen LogP contribution >= 0.6 is 23.2 Å². The van der Waals surface area contributed by atoms with Gasteiger partial charge in [-0.1, -0.05) is 241 Å². The maximum Gasteiger partial charge on any atom is 0.136 e. The van der Waals surface area contributed by atoms with Crippen LogP contribution in [0.4, 0.5) is 0 Å². The Morgan fingerprint density at radius 1 is 0.346 bits per heavy atom. The molecule has 2 nitrogen and oxygen atoms in total. The Balaban J connectivity index is 1.37. The summed E-state index contributed by atoms with van der Waals surface area (Å²) < 4.78 is 13.1. The average molecular weight is 756 g/mol. The van der Waals surface area contributed by atoms with Crippen molar-refractivity contribution in [2.24, 2.45) is 0 Å². The molecule has 0 heterocycles. The number of hydrogen-bond donors (Lipinski definition) is 0. The molecular weight excluding hydrogens is 679 g/mol. The average Bonchev–Trinajstić information content (AvgIpc) is 3.15. The van der Waals surface area contributed by atoms with Crippen molar-refractivity contribution in [1.82, 2.24) is 0 Å². The lowest BCUT2D eigenvalue weighted by Gasteiger charge is -2.19. The number of unbranched alkanes of at least 4 members (excludes halogenated alkanes) is 28. The molecule has 3 aromatic rings. The minimum absolute atomic E-state index is 0.680. The minimum Gasteiger partial charge on any atom is -0.492 e. The summed E-state index contributed by atoms with van der Waals surface area (Å²) in [7, 11) is 0. The Morgan fingerprint density at radius 2 is 0.596 bits per heavy atom. The van der Waals surface area contributed by atoms with E-state index in [4.69, 9.17) is 32.7 Å². The predicted octanol–water partition coefficient (Wildman–Crippen LogP) is 17.8. The summed E-state index contributed by atoms with van der Waals surface area (Å²) in [4.78, 5) is 0. The third-order valence-electron chi connectivity index (χ3n) is 11.0. The fourth-order valence-corrected chi connectivity index (χ4v) is 8.27. The molecule has 0 bridgehead atoms. The van der Waals surface area contributed by atoms with Gasteiger partial charge >= 0.3 is 0 Å². The summed E-state index contributed by atoms with van der Waals surface area (Å²) in [5, 5.41) is 5.24. The van der Waals surface area contributed by atoms with Crippen molar-refractivity contribution in [2.45, 2.75) is 206 Å². The number of hydrogen-bond acceptors (Lipinski definition) is 2. The van der Waals surface area contributed by atoms with Crippen molar-refractivity contribution in [3.8, 4) is 11.5 Å². The molecule has 0 spiro atoms. The second kappa shape index (κ2) is 29.7. The van der Waals surface area contributed by atoms with Crippen LogP contribution in [0.15, 0.2) is 36.4 Å². The molecule has 0 aliphatic carbocycles. The van der Waals surface area contributed by atoms with Gasteiger partial charge in [0, 0.05) is 21.5 Å². The largest absolute Gasteiger partial charge is 0.492 e. The molecule has 0 aliphatic rings. The Kier molecular flexibility index (Phi) is 25.5. The standard InChI is InChI=1S/C48H76Cl2O2/c1-3-5-7-9-11-13-15-17-19-21-23-25-27-29-31-39-51-47-41-35-33-38-44(50)46(41)48(42-36-34-37-43(49)45(42)47)52-40-32-30-28-26-24-22-20-18-16-14-12-10-8-6-4-2/h33-38H,3-32,39-40H2,1-2H3. The van der Waals surface area contributed by atoms with Crippen LogP contribution in [0.5, 0.6) is 11.5 Å². The van der Waals surface area contributed by atoms with Crippen LogP contribution in [0.1, 0.15) is 206 Å². The van der Waals surface area contributed by atoms with Gasteiger partial charge in [-0.3, -0.25) is 0 Å². The first kappa shape index (κ1) is 44.8. The van der Waals surface area contributed by atoms with E-state index in [1.165, 1.54) is 180 Å². The number of fused-ring (bicyclic) bond motifs is 2. The van der Waals surface area contributed by atoms with E-state index in [0.29, 0.717) is 23.3 Å². The van der Waals surface area contributed by atoms with Crippen molar-refractivity contribution in [3.63, 3.8) is 0 Å². The molecule has 0 saturated carbocycles. The van der Waals surface area contributed by atoms with Gasteiger partial charge < -0.3 is 9.47 Å². The van der Waals surface area contributed by atoms with Crippen LogP contribution in [0.2, 0.25) is 10.0 Å². The molecule has 0 fully saturated rings. The molecule has 0 aliphatic heterocycles. The van der Waals surface area contributed by atoms with Crippen molar-refractivity contribution in [3.05, 3.63) is 46.4 Å². The van der Waals surface area contributed by atoms with E-state index in [0.717, 1.165) is 45.9 Å². The van der Waals surface area contributed by atoms with Gasteiger partial charge in [0.05, 0.1) is 23.3 Å². The van der Waals surface area contributed by atoms with Gasteiger partial charge in [0.15, 0.2) is 0 Å². The van der Waals surface area contributed by atoms with Crippen LogP contribution in [-0.4, -0.2) is 13.2 Å². The van der Waals surface area contributed by atoms with Gasteiger partial charge in [0.2, 0.25) is 0 Å². The lowest BCUT2D eigenvalue weighted by Crippen LogP contribution is -2.03. The van der Waals surface area contributed by atoms with Gasteiger partial charge in [-0.2, -0.15) is 0 Å². The minimum atomic E-state index is 0.680. The van der Waals surface area contributed by atoms with Gasteiger partial charge in [0.25, 0.3) is 0 Å². The normalized spacial score (nSPS) is 11.6. The SMILES string of the molecule is CCCCCCCCCCCCCCCCCOc1c2cccc(Cl)c2c(OCCCCCCCCCCCCCCCCC)c2cccc(Cl)c12. The maximum absolute atomic E-state index is 6.89. The number of halogens is 2. The number of benzene rings is 3. The first-order valence-corrected chi connectivity index (χ1v) is 23.0. The van der Waals surface area contributed by atoms with Crippen molar-refractivity contribution >= 4 is 44.7 Å². The molecule has 3 rings (SSSR count). The summed E-state index contributed by atoms with van der Waals surface area (Å²) in [6.07, 6.45) is 40.6. The van der Waals surface area contributed by atoms with E-state index in [1.54, 1.807) is 0 Å². The summed E-state index contributed by atoms with van der Waals surface area (Å²) in [6, 6.07) is 12.1. The van der Waals surface area contributed by atoms with Crippen molar-refractivity contribution < 1.29 is 9.47 Å². The van der Waals surface area contributed by atoms with Gasteiger partial charge in [-0.25, -0.2) is 0 Å². The quantitative estimate of drug-likeness (QED) is 0.0446. The van der Waals surface area contributed by atoms with E-state index in [2.05, 4.69) is 26.0 Å². The van der Waals surface area contributed by atoms with Crippen LogP contribution in [0, 0.1) is 0 Å². The lowest BCUT2D eigenvalue weighted by atomic mass is 10.00. The first-order valence-electron chi connectivity index (χ1n) is 22.3. The van der Waals surface area contributed by atoms with Gasteiger partial charge in [-0.15, -0.1) is 0 Å². The molecule has 4 heteroatoms. The summed E-state index contributed by atoms with van der Waals surface area (Å²) in [5.41, 5.74) is 0. The maximum atomic E-state index is 6.89. The molecule has 294 valence electrons. The van der Waals surface area contributed by atoms with Crippen molar-refractivity contribution in [1.29, 1.82) is 0 Å². The smallest absolute Gasteiger partial charge is 0.136 e. The van der Waals surface area contributed by atoms with Crippen LogP contribution in [-0.2, 0) is 0 Å². The molecule has 0 saturated heterocycles. The van der Waals surface area contributed by atoms with E-state index in [9.17, 15) is 0 Å².